The lowest BCUT2D eigenvalue weighted by Crippen LogP contribution is -2.64. The number of amides is 2. The number of imide groups is 1. The number of anilines is 1. The van der Waals surface area contributed by atoms with Crippen LogP contribution in [0.25, 0.3) is 0 Å². The minimum atomic E-state index is -0.867. The smallest absolute Gasteiger partial charge is 0.251 e. The summed E-state index contributed by atoms with van der Waals surface area (Å²) in [6, 6.07) is 4.36. The largest absolute Gasteiger partial charge is 0.348 e. The van der Waals surface area contributed by atoms with Gasteiger partial charge in [-0.3, -0.25) is 14.9 Å². The molecule has 1 aliphatic heterocycles. The van der Waals surface area contributed by atoms with Crippen molar-refractivity contribution < 1.29 is 14.0 Å². The molecule has 1 heterocycles. The van der Waals surface area contributed by atoms with Crippen molar-refractivity contribution >= 4 is 17.5 Å². The normalized spacial score (nSPS) is 18.1. The van der Waals surface area contributed by atoms with Gasteiger partial charge in [-0.15, -0.1) is 0 Å². The molecule has 6 heteroatoms. The molecule has 1 fully saturated rings. The summed E-state index contributed by atoms with van der Waals surface area (Å²) in [6.45, 7) is 4.00. The molecule has 0 bridgehead atoms. The van der Waals surface area contributed by atoms with E-state index in [-0.39, 0.29) is 24.2 Å². The van der Waals surface area contributed by atoms with E-state index in [1.807, 2.05) is 0 Å². The fourth-order valence-electron chi connectivity index (χ4n) is 2.32. The summed E-state index contributed by atoms with van der Waals surface area (Å²) < 4.78 is 13.4. The number of piperazine rings is 1. The Balaban J connectivity index is 2.48. The van der Waals surface area contributed by atoms with Crippen LogP contribution < -0.4 is 15.5 Å². The quantitative estimate of drug-likeness (QED) is 0.803. The molecule has 1 aliphatic rings. The number of hydrogen-bond donors (Lipinski definition) is 2. The Morgan fingerprint density at radius 2 is 2.10 bits per heavy atom. The molecule has 2 amide bonds. The number of hydrogen-bond acceptors (Lipinski definition) is 4. The Labute approximate surface area is 117 Å². The third-order valence-corrected chi connectivity index (χ3v) is 3.48. The number of carbonyl (C=O) groups is 2. The van der Waals surface area contributed by atoms with Crippen LogP contribution in [-0.2, 0) is 16.1 Å². The van der Waals surface area contributed by atoms with Crippen molar-refractivity contribution in [1.29, 1.82) is 0 Å². The molecule has 5 nitrogen and oxygen atoms in total. The predicted octanol–water partition coefficient (Wildman–Crippen LogP) is 0.786. The van der Waals surface area contributed by atoms with Crippen LogP contribution in [0.5, 0.6) is 0 Å². The first kappa shape index (κ1) is 14.5. The van der Waals surface area contributed by atoms with Gasteiger partial charge in [0.2, 0.25) is 5.91 Å². The van der Waals surface area contributed by atoms with E-state index >= 15 is 0 Å². The van der Waals surface area contributed by atoms with E-state index in [2.05, 4.69) is 10.6 Å². The molecule has 0 aromatic heterocycles. The van der Waals surface area contributed by atoms with Crippen molar-refractivity contribution in [3.8, 4) is 0 Å². The first-order chi connectivity index (χ1) is 9.36. The molecule has 1 aromatic carbocycles. The second kappa shape index (κ2) is 5.20. The van der Waals surface area contributed by atoms with Gasteiger partial charge in [-0.25, -0.2) is 4.39 Å². The lowest BCUT2D eigenvalue weighted by Gasteiger charge is -2.42. The Morgan fingerprint density at radius 3 is 2.75 bits per heavy atom. The average Bonchev–Trinajstić information content (AvgIpc) is 2.35. The Kier molecular flexibility index (Phi) is 3.76. The van der Waals surface area contributed by atoms with Crippen molar-refractivity contribution in [2.45, 2.75) is 25.9 Å². The van der Waals surface area contributed by atoms with Gasteiger partial charge in [0.05, 0.1) is 6.54 Å². The summed E-state index contributed by atoms with van der Waals surface area (Å²) in [5.74, 6) is -1.05. The number of benzene rings is 1. The van der Waals surface area contributed by atoms with Gasteiger partial charge in [0.25, 0.3) is 5.91 Å². The molecule has 0 aliphatic carbocycles. The molecule has 1 aromatic rings. The highest BCUT2D eigenvalue weighted by Crippen LogP contribution is 2.30. The van der Waals surface area contributed by atoms with Gasteiger partial charge in [0.1, 0.15) is 11.4 Å². The maximum Gasteiger partial charge on any atom is 0.251 e. The molecule has 0 radical (unpaired) electrons. The molecule has 0 spiro atoms. The third kappa shape index (κ3) is 2.51. The van der Waals surface area contributed by atoms with Gasteiger partial charge in [-0.05, 0) is 44.7 Å². The van der Waals surface area contributed by atoms with Gasteiger partial charge in [-0.2, -0.15) is 0 Å². The van der Waals surface area contributed by atoms with E-state index in [9.17, 15) is 14.0 Å². The average molecular weight is 279 g/mol. The monoisotopic (exact) mass is 279 g/mol. The van der Waals surface area contributed by atoms with Crippen LogP contribution in [0, 0.1) is 5.82 Å². The van der Waals surface area contributed by atoms with Crippen LogP contribution in [0.15, 0.2) is 18.2 Å². The summed E-state index contributed by atoms with van der Waals surface area (Å²) in [4.78, 5) is 25.3. The molecule has 2 rings (SSSR count). The topological polar surface area (TPSA) is 61.4 Å². The summed E-state index contributed by atoms with van der Waals surface area (Å²) in [5, 5.41) is 5.28. The van der Waals surface area contributed by atoms with Crippen molar-refractivity contribution in [2.75, 3.05) is 18.5 Å². The molecule has 2 N–H and O–H groups in total. The molecule has 0 unspecified atom stereocenters. The molecule has 0 atom stereocenters. The van der Waals surface area contributed by atoms with Crippen molar-refractivity contribution in [2.24, 2.45) is 0 Å². The van der Waals surface area contributed by atoms with Gasteiger partial charge in [-0.1, -0.05) is 0 Å². The standard InChI is InChI=1S/C14H18FN3O2/c1-14(2)13(20)17-12(19)8-18(14)11-5-4-10(15)6-9(11)7-16-3/h4-6,16H,7-8H2,1-3H3,(H,17,19,20). The Hall–Kier alpha value is -1.95. The summed E-state index contributed by atoms with van der Waals surface area (Å²) in [6.07, 6.45) is 0. The van der Waals surface area contributed by atoms with Crippen molar-refractivity contribution in [3.05, 3.63) is 29.6 Å². The maximum atomic E-state index is 13.4. The molecule has 0 saturated carbocycles. The highest BCUT2D eigenvalue weighted by molar-refractivity contribution is 6.06. The zero-order chi connectivity index (χ0) is 14.9. The van der Waals surface area contributed by atoms with Gasteiger partial charge in [0.15, 0.2) is 0 Å². The molecular formula is C14H18FN3O2. The van der Waals surface area contributed by atoms with Crippen LogP contribution in [0.1, 0.15) is 19.4 Å². The van der Waals surface area contributed by atoms with Crippen LogP contribution in [0.4, 0.5) is 10.1 Å². The molecular weight excluding hydrogens is 261 g/mol. The van der Waals surface area contributed by atoms with E-state index in [0.29, 0.717) is 17.8 Å². The molecule has 20 heavy (non-hydrogen) atoms. The van der Waals surface area contributed by atoms with Crippen molar-refractivity contribution in [3.63, 3.8) is 0 Å². The lowest BCUT2D eigenvalue weighted by atomic mass is 9.96. The van der Waals surface area contributed by atoms with Gasteiger partial charge in [0, 0.05) is 12.2 Å². The zero-order valence-corrected chi connectivity index (χ0v) is 11.8. The highest BCUT2D eigenvalue weighted by Gasteiger charge is 2.41. The maximum absolute atomic E-state index is 13.4. The summed E-state index contributed by atoms with van der Waals surface area (Å²) in [5.41, 5.74) is 0.533. The number of nitrogens with zero attached hydrogens (tertiary/aromatic N) is 1. The van der Waals surface area contributed by atoms with Crippen LogP contribution in [-0.4, -0.2) is 30.9 Å². The minimum absolute atomic E-state index is 0.0705. The van der Waals surface area contributed by atoms with Crippen LogP contribution in [0.3, 0.4) is 0 Å². The minimum Gasteiger partial charge on any atom is -0.348 e. The van der Waals surface area contributed by atoms with Crippen LogP contribution in [0.2, 0.25) is 0 Å². The van der Waals surface area contributed by atoms with E-state index < -0.39 is 5.54 Å². The van der Waals surface area contributed by atoms with Gasteiger partial charge < -0.3 is 10.2 Å². The van der Waals surface area contributed by atoms with Gasteiger partial charge >= 0.3 is 0 Å². The predicted molar refractivity (Wildman–Crippen MR) is 73.7 cm³/mol. The lowest BCUT2D eigenvalue weighted by molar-refractivity contribution is -0.135. The van der Waals surface area contributed by atoms with Crippen LogP contribution >= 0.6 is 0 Å². The zero-order valence-electron chi connectivity index (χ0n) is 11.8. The molecule has 108 valence electrons. The van der Waals surface area contributed by atoms with Crippen molar-refractivity contribution in [1.82, 2.24) is 10.6 Å². The fourth-order valence-corrected chi connectivity index (χ4v) is 2.32. The third-order valence-electron chi connectivity index (χ3n) is 3.48. The van der Waals surface area contributed by atoms with E-state index in [1.54, 1.807) is 31.9 Å². The van der Waals surface area contributed by atoms with E-state index in [4.69, 9.17) is 0 Å². The van der Waals surface area contributed by atoms with E-state index in [1.165, 1.54) is 12.1 Å². The SMILES string of the molecule is CNCc1cc(F)ccc1N1CC(=O)NC(=O)C1(C)C. The number of halogens is 1. The highest BCUT2D eigenvalue weighted by atomic mass is 19.1. The first-order valence-corrected chi connectivity index (χ1v) is 6.41. The first-order valence-electron chi connectivity index (χ1n) is 6.41. The number of rotatable bonds is 3. The summed E-state index contributed by atoms with van der Waals surface area (Å²) >= 11 is 0. The summed E-state index contributed by atoms with van der Waals surface area (Å²) in [7, 11) is 1.76. The second-order valence-corrected chi connectivity index (χ2v) is 5.33. The Morgan fingerprint density at radius 1 is 1.40 bits per heavy atom. The fraction of sp³-hybridized carbons (Fsp3) is 0.429. The second-order valence-electron chi connectivity index (χ2n) is 5.33. The number of carbonyl (C=O) groups excluding carboxylic acids is 2. The Bertz CT molecular complexity index is 557. The van der Waals surface area contributed by atoms with E-state index in [0.717, 1.165) is 0 Å². The number of nitrogens with one attached hydrogen (secondary N) is 2. The molecule has 1 saturated heterocycles.